The van der Waals surface area contributed by atoms with Crippen LogP contribution in [0.25, 0.3) is 10.3 Å². The molecule has 4 rings (SSSR count). The number of carbonyl (C=O) groups excluding carboxylic acids is 1. The number of halogens is 1. The lowest BCUT2D eigenvalue weighted by molar-refractivity contribution is -0.113. The van der Waals surface area contributed by atoms with Crippen molar-refractivity contribution in [3.8, 4) is 0 Å². The third kappa shape index (κ3) is 4.47. The Bertz CT molecular complexity index is 995. The molecule has 1 atom stereocenters. The quantitative estimate of drug-likeness (QED) is 0.419. The molecule has 0 bridgehead atoms. The maximum atomic E-state index is 12.3. The molecule has 9 heteroatoms. The van der Waals surface area contributed by atoms with Crippen LogP contribution >= 0.6 is 39.0 Å². The van der Waals surface area contributed by atoms with Crippen LogP contribution in [0.5, 0.6) is 0 Å². The van der Waals surface area contributed by atoms with Crippen LogP contribution in [-0.2, 0) is 4.79 Å². The third-order valence-corrected chi connectivity index (χ3v) is 7.49. The molecule has 1 saturated heterocycles. The number of piperidine rings is 1. The number of anilines is 2. The van der Waals surface area contributed by atoms with Crippen LogP contribution in [0.2, 0.25) is 0 Å². The van der Waals surface area contributed by atoms with E-state index in [-0.39, 0.29) is 11.7 Å². The first kappa shape index (κ1) is 19.6. The van der Waals surface area contributed by atoms with Crippen LogP contribution in [0.3, 0.4) is 0 Å². The van der Waals surface area contributed by atoms with Crippen molar-refractivity contribution in [3.05, 3.63) is 35.1 Å². The Hall–Kier alpha value is -1.71. The number of para-hydroxylation sites is 1. The zero-order valence-electron chi connectivity index (χ0n) is 15.4. The van der Waals surface area contributed by atoms with Gasteiger partial charge in [0.1, 0.15) is 16.1 Å². The number of nitrogens with zero attached hydrogens (tertiary/aromatic N) is 4. The van der Waals surface area contributed by atoms with Gasteiger partial charge >= 0.3 is 0 Å². The number of rotatable bonds is 5. The summed E-state index contributed by atoms with van der Waals surface area (Å²) in [6, 6.07) is 7.57. The average Bonchev–Trinajstić information content (AvgIpc) is 3.13. The van der Waals surface area contributed by atoms with E-state index in [0.29, 0.717) is 11.6 Å². The summed E-state index contributed by atoms with van der Waals surface area (Å²) in [6.07, 6.45) is 3.99. The van der Waals surface area contributed by atoms with Crippen LogP contribution < -0.4 is 10.2 Å². The Balaban J connectivity index is 1.46. The van der Waals surface area contributed by atoms with Crippen molar-refractivity contribution in [1.29, 1.82) is 0 Å². The molecule has 0 radical (unpaired) electrons. The number of fused-ring (bicyclic) bond motifs is 1. The van der Waals surface area contributed by atoms with Gasteiger partial charge in [0, 0.05) is 17.6 Å². The summed E-state index contributed by atoms with van der Waals surface area (Å²) in [4.78, 5) is 28.1. The van der Waals surface area contributed by atoms with Crippen molar-refractivity contribution < 1.29 is 4.79 Å². The molecular formula is C19H20BrN5OS2. The highest BCUT2D eigenvalue weighted by Gasteiger charge is 2.21. The molecule has 0 unspecified atom stereocenters. The average molecular weight is 478 g/mol. The van der Waals surface area contributed by atoms with Gasteiger partial charge in [0.25, 0.3) is 0 Å². The smallest absolute Gasteiger partial charge is 0.234 e. The van der Waals surface area contributed by atoms with Crippen LogP contribution in [0.4, 0.5) is 10.8 Å². The number of aromatic nitrogens is 3. The lowest BCUT2D eigenvalue weighted by atomic mass is 10.0. The second kappa shape index (κ2) is 8.75. The highest BCUT2D eigenvalue weighted by molar-refractivity contribution is 9.10. The van der Waals surface area contributed by atoms with E-state index in [4.69, 9.17) is 4.98 Å². The minimum absolute atomic E-state index is 0.0711. The molecule has 1 aromatic carbocycles. The minimum atomic E-state index is -0.0711. The van der Waals surface area contributed by atoms with E-state index < -0.39 is 0 Å². The third-order valence-electron chi connectivity index (χ3n) is 4.56. The van der Waals surface area contributed by atoms with Crippen LogP contribution in [0.15, 0.2) is 40.1 Å². The number of hydrogen-bond acceptors (Lipinski definition) is 7. The van der Waals surface area contributed by atoms with E-state index in [1.54, 1.807) is 11.3 Å². The lowest BCUT2D eigenvalue weighted by Crippen LogP contribution is -2.34. The Morgan fingerprint density at radius 2 is 2.25 bits per heavy atom. The number of carbonyl (C=O) groups is 1. The lowest BCUT2D eigenvalue weighted by Gasteiger charge is -2.30. The van der Waals surface area contributed by atoms with Gasteiger partial charge in [0.15, 0.2) is 10.8 Å². The molecule has 3 heterocycles. The van der Waals surface area contributed by atoms with Gasteiger partial charge in [-0.15, -0.1) is 0 Å². The van der Waals surface area contributed by atoms with E-state index in [9.17, 15) is 4.79 Å². The number of benzene rings is 1. The molecule has 1 aliphatic heterocycles. The topological polar surface area (TPSA) is 71.0 Å². The summed E-state index contributed by atoms with van der Waals surface area (Å²) in [5.41, 5.74) is 1.47. The molecular weight excluding hydrogens is 458 g/mol. The molecule has 1 aliphatic rings. The SMILES string of the molecule is C[C@H]1CCCN(c2nc3ncnc(SCC(=O)Nc4ccccc4Br)c3s2)C1. The summed E-state index contributed by atoms with van der Waals surface area (Å²) in [5, 5.41) is 4.73. The first-order valence-corrected chi connectivity index (χ1v) is 11.7. The summed E-state index contributed by atoms with van der Waals surface area (Å²) >= 11 is 6.48. The largest absolute Gasteiger partial charge is 0.348 e. The first-order valence-electron chi connectivity index (χ1n) is 9.14. The van der Waals surface area contributed by atoms with Gasteiger partial charge in [-0.3, -0.25) is 4.79 Å². The van der Waals surface area contributed by atoms with Gasteiger partial charge in [0.05, 0.1) is 11.4 Å². The number of hydrogen-bond donors (Lipinski definition) is 1. The van der Waals surface area contributed by atoms with Crippen LogP contribution in [0, 0.1) is 5.92 Å². The van der Waals surface area contributed by atoms with E-state index in [1.165, 1.54) is 30.9 Å². The maximum Gasteiger partial charge on any atom is 0.234 e. The predicted octanol–water partition coefficient (Wildman–Crippen LogP) is 4.82. The number of thioether (sulfide) groups is 1. The molecule has 146 valence electrons. The van der Waals surface area contributed by atoms with Crippen molar-refractivity contribution in [2.75, 3.05) is 29.1 Å². The summed E-state index contributed by atoms with van der Waals surface area (Å²) in [5.74, 6) is 0.890. The van der Waals surface area contributed by atoms with Gasteiger partial charge in [-0.2, -0.15) is 4.98 Å². The van der Waals surface area contributed by atoms with Crippen molar-refractivity contribution in [2.45, 2.75) is 24.8 Å². The number of thiazole rings is 1. The van der Waals surface area contributed by atoms with Crippen LogP contribution in [-0.4, -0.2) is 39.7 Å². The Morgan fingerprint density at radius 1 is 1.39 bits per heavy atom. The number of nitrogens with one attached hydrogen (secondary N) is 1. The molecule has 0 spiro atoms. The molecule has 1 amide bonds. The monoisotopic (exact) mass is 477 g/mol. The second-order valence-corrected chi connectivity index (χ2v) is 9.63. The molecule has 3 aromatic rings. The van der Waals surface area contributed by atoms with Crippen molar-refractivity contribution in [2.24, 2.45) is 5.92 Å². The van der Waals surface area contributed by atoms with E-state index >= 15 is 0 Å². The molecule has 2 aromatic heterocycles. The zero-order valence-corrected chi connectivity index (χ0v) is 18.6. The van der Waals surface area contributed by atoms with Gasteiger partial charge in [0.2, 0.25) is 5.91 Å². The molecule has 0 aliphatic carbocycles. The summed E-state index contributed by atoms with van der Waals surface area (Å²) < 4.78 is 1.81. The summed E-state index contributed by atoms with van der Waals surface area (Å²) in [6.45, 7) is 4.35. The van der Waals surface area contributed by atoms with Crippen molar-refractivity contribution in [3.63, 3.8) is 0 Å². The Kier molecular flexibility index (Phi) is 6.13. The second-order valence-electron chi connectivity index (χ2n) is 6.84. The molecule has 1 N–H and O–H groups in total. The van der Waals surface area contributed by atoms with E-state index in [0.717, 1.165) is 38.1 Å². The fourth-order valence-electron chi connectivity index (χ4n) is 3.21. The molecule has 6 nitrogen and oxygen atoms in total. The van der Waals surface area contributed by atoms with Crippen molar-refractivity contribution in [1.82, 2.24) is 15.0 Å². The minimum Gasteiger partial charge on any atom is -0.348 e. The highest BCUT2D eigenvalue weighted by Crippen LogP contribution is 2.35. The highest BCUT2D eigenvalue weighted by atomic mass is 79.9. The molecule has 0 saturated carbocycles. The first-order chi connectivity index (χ1) is 13.6. The summed E-state index contributed by atoms with van der Waals surface area (Å²) in [7, 11) is 0. The van der Waals surface area contributed by atoms with Crippen LogP contribution in [0.1, 0.15) is 19.8 Å². The molecule has 28 heavy (non-hydrogen) atoms. The number of amides is 1. The Morgan fingerprint density at radius 3 is 3.07 bits per heavy atom. The standard InChI is InChI=1S/C19H20BrN5OS2/c1-12-5-4-8-25(9-12)19-24-17-16(28-19)18(22-11-21-17)27-10-15(26)23-14-7-3-2-6-13(14)20/h2-3,6-7,11-12H,4-5,8-10H2,1H3,(H,23,26)/t12-/m0/s1. The molecule has 1 fully saturated rings. The van der Waals surface area contributed by atoms with E-state index in [1.807, 2.05) is 24.3 Å². The Labute approximate surface area is 180 Å². The fourth-order valence-corrected chi connectivity index (χ4v) is 5.52. The zero-order chi connectivity index (χ0) is 19.5. The maximum absolute atomic E-state index is 12.3. The van der Waals surface area contributed by atoms with Gasteiger partial charge in [-0.25, -0.2) is 9.97 Å². The fraction of sp³-hybridized carbons (Fsp3) is 0.368. The van der Waals surface area contributed by atoms with Gasteiger partial charge in [-0.1, -0.05) is 42.2 Å². The van der Waals surface area contributed by atoms with E-state index in [2.05, 4.69) is 43.0 Å². The van der Waals surface area contributed by atoms with Gasteiger partial charge in [-0.05, 0) is 46.8 Å². The van der Waals surface area contributed by atoms with Crippen molar-refractivity contribution >= 4 is 66.1 Å². The predicted molar refractivity (Wildman–Crippen MR) is 119 cm³/mol. The normalized spacial score (nSPS) is 17.1. The van der Waals surface area contributed by atoms with Gasteiger partial charge < -0.3 is 10.2 Å².